The molecule has 2 aromatic rings. The molecule has 0 spiro atoms. The molecule has 0 aliphatic rings. The van der Waals surface area contributed by atoms with Crippen molar-refractivity contribution < 1.29 is 13.2 Å². The molecule has 1 heterocycles. The molecular formula is C13H16ClF3N4S. The molecule has 122 valence electrons. The number of nitrogens with two attached hydrogens (primary N) is 1. The molecule has 0 saturated carbocycles. The number of alkyl halides is 3. The van der Waals surface area contributed by atoms with Gasteiger partial charge in [0.15, 0.2) is 5.16 Å². The van der Waals surface area contributed by atoms with E-state index >= 15 is 0 Å². The van der Waals surface area contributed by atoms with Gasteiger partial charge in [-0.1, -0.05) is 30.0 Å². The number of halogens is 4. The summed E-state index contributed by atoms with van der Waals surface area (Å²) in [5.74, 6) is 0.911. The SMILES string of the molecule is Cl.Cn1c(CCN)nnc1SCc1ccccc1C(F)(F)F. The third kappa shape index (κ3) is 4.37. The van der Waals surface area contributed by atoms with Crippen LogP contribution in [-0.2, 0) is 25.4 Å². The molecule has 9 heteroatoms. The third-order valence-electron chi connectivity index (χ3n) is 2.97. The minimum Gasteiger partial charge on any atom is -0.330 e. The van der Waals surface area contributed by atoms with Gasteiger partial charge in [0, 0.05) is 19.2 Å². The standard InChI is InChI=1S/C13H15F3N4S.ClH/c1-20-11(6-7-17)18-19-12(20)21-8-9-4-2-3-5-10(9)13(14,15)16;/h2-5H,6-8,17H2,1H3;1H. The first-order valence-corrected chi connectivity index (χ1v) is 7.28. The lowest BCUT2D eigenvalue weighted by molar-refractivity contribution is -0.138. The summed E-state index contributed by atoms with van der Waals surface area (Å²) in [4.78, 5) is 0. The number of nitrogens with zero attached hydrogens (tertiary/aromatic N) is 3. The zero-order valence-corrected chi connectivity index (χ0v) is 13.4. The van der Waals surface area contributed by atoms with E-state index in [1.807, 2.05) is 0 Å². The average molecular weight is 353 g/mol. The summed E-state index contributed by atoms with van der Waals surface area (Å²) in [6.07, 6.45) is -3.76. The van der Waals surface area contributed by atoms with Crippen molar-refractivity contribution in [1.82, 2.24) is 14.8 Å². The van der Waals surface area contributed by atoms with Crippen LogP contribution in [0.15, 0.2) is 29.4 Å². The van der Waals surface area contributed by atoms with E-state index in [1.54, 1.807) is 17.7 Å². The summed E-state index contributed by atoms with van der Waals surface area (Å²) in [6.45, 7) is 0.452. The molecule has 0 amide bonds. The van der Waals surface area contributed by atoms with Crippen LogP contribution in [0.1, 0.15) is 17.0 Å². The summed E-state index contributed by atoms with van der Waals surface area (Å²) in [5, 5.41) is 8.54. The first kappa shape index (κ1) is 18.8. The predicted octanol–water partition coefficient (Wildman–Crippen LogP) is 3.05. The van der Waals surface area contributed by atoms with E-state index in [1.165, 1.54) is 23.9 Å². The number of benzene rings is 1. The molecule has 2 N–H and O–H groups in total. The highest BCUT2D eigenvalue weighted by molar-refractivity contribution is 7.98. The van der Waals surface area contributed by atoms with Crippen molar-refractivity contribution in [3.8, 4) is 0 Å². The first-order valence-electron chi connectivity index (χ1n) is 6.29. The Labute approximate surface area is 136 Å². The van der Waals surface area contributed by atoms with Gasteiger partial charge in [-0.15, -0.1) is 22.6 Å². The Morgan fingerprint density at radius 2 is 1.91 bits per heavy atom. The maximum Gasteiger partial charge on any atom is 0.416 e. The Hall–Kier alpha value is -1.25. The summed E-state index contributed by atoms with van der Waals surface area (Å²) >= 11 is 1.23. The molecule has 4 nitrogen and oxygen atoms in total. The molecule has 0 fully saturated rings. The summed E-state index contributed by atoms with van der Waals surface area (Å²) in [5.41, 5.74) is 5.08. The van der Waals surface area contributed by atoms with Crippen molar-refractivity contribution in [1.29, 1.82) is 0 Å². The minimum absolute atomic E-state index is 0. The topological polar surface area (TPSA) is 56.7 Å². The summed E-state index contributed by atoms with van der Waals surface area (Å²) in [6, 6.07) is 5.56. The van der Waals surface area contributed by atoms with Gasteiger partial charge < -0.3 is 10.3 Å². The molecule has 0 aliphatic carbocycles. The second kappa shape index (κ2) is 7.85. The Morgan fingerprint density at radius 3 is 2.55 bits per heavy atom. The van der Waals surface area contributed by atoms with Crippen LogP contribution in [-0.4, -0.2) is 21.3 Å². The van der Waals surface area contributed by atoms with E-state index in [9.17, 15) is 13.2 Å². The van der Waals surface area contributed by atoms with Crippen molar-refractivity contribution >= 4 is 24.2 Å². The highest BCUT2D eigenvalue weighted by atomic mass is 35.5. The van der Waals surface area contributed by atoms with Crippen LogP contribution in [0.3, 0.4) is 0 Å². The van der Waals surface area contributed by atoms with Crippen LogP contribution in [0.5, 0.6) is 0 Å². The molecule has 0 atom stereocenters. The van der Waals surface area contributed by atoms with E-state index in [4.69, 9.17) is 5.73 Å². The molecule has 1 aromatic heterocycles. The average Bonchev–Trinajstić information content (AvgIpc) is 2.77. The zero-order valence-electron chi connectivity index (χ0n) is 11.8. The fourth-order valence-corrected chi connectivity index (χ4v) is 2.82. The monoisotopic (exact) mass is 352 g/mol. The lowest BCUT2D eigenvalue weighted by Crippen LogP contribution is -2.09. The van der Waals surface area contributed by atoms with Crippen molar-refractivity contribution in [2.24, 2.45) is 12.8 Å². The lowest BCUT2D eigenvalue weighted by atomic mass is 10.1. The van der Waals surface area contributed by atoms with E-state index in [2.05, 4.69) is 10.2 Å². The highest BCUT2D eigenvalue weighted by Gasteiger charge is 2.32. The quantitative estimate of drug-likeness (QED) is 0.840. The van der Waals surface area contributed by atoms with Gasteiger partial charge in [-0.25, -0.2) is 0 Å². The second-order valence-corrected chi connectivity index (χ2v) is 5.38. The lowest BCUT2D eigenvalue weighted by Gasteiger charge is -2.12. The van der Waals surface area contributed by atoms with Crippen molar-refractivity contribution in [3.63, 3.8) is 0 Å². The summed E-state index contributed by atoms with van der Waals surface area (Å²) in [7, 11) is 1.78. The number of aromatic nitrogens is 3. The fourth-order valence-electron chi connectivity index (χ4n) is 1.88. The van der Waals surface area contributed by atoms with Crippen LogP contribution >= 0.6 is 24.2 Å². The third-order valence-corrected chi connectivity index (χ3v) is 4.04. The Balaban J connectivity index is 0.00000242. The largest absolute Gasteiger partial charge is 0.416 e. The fraction of sp³-hybridized carbons (Fsp3) is 0.385. The van der Waals surface area contributed by atoms with Crippen molar-refractivity contribution in [2.75, 3.05) is 6.54 Å². The van der Waals surface area contributed by atoms with E-state index < -0.39 is 11.7 Å². The van der Waals surface area contributed by atoms with Crippen LogP contribution in [0.4, 0.5) is 13.2 Å². The van der Waals surface area contributed by atoms with Gasteiger partial charge in [0.25, 0.3) is 0 Å². The van der Waals surface area contributed by atoms with Crippen molar-refractivity contribution in [3.05, 3.63) is 41.2 Å². The smallest absolute Gasteiger partial charge is 0.330 e. The van der Waals surface area contributed by atoms with Crippen LogP contribution in [0, 0.1) is 0 Å². The number of hydrogen-bond donors (Lipinski definition) is 1. The van der Waals surface area contributed by atoms with Gasteiger partial charge in [-0.05, 0) is 18.2 Å². The van der Waals surface area contributed by atoms with Crippen LogP contribution < -0.4 is 5.73 Å². The number of rotatable bonds is 5. The van der Waals surface area contributed by atoms with Gasteiger partial charge in [-0.2, -0.15) is 13.2 Å². The Kier molecular flexibility index (Phi) is 6.70. The van der Waals surface area contributed by atoms with E-state index in [0.29, 0.717) is 18.1 Å². The van der Waals surface area contributed by atoms with Gasteiger partial charge in [0.1, 0.15) is 5.82 Å². The Morgan fingerprint density at radius 1 is 1.23 bits per heavy atom. The maximum absolute atomic E-state index is 12.9. The number of thioether (sulfide) groups is 1. The van der Waals surface area contributed by atoms with E-state index in [-0.39, 0.29) is 23.7 Å². The van der Waals surface area contributed by atoms with E-state index in [0.717, 1.165) is 11.9 Å². The van der Waals surface area contributed by atoms with Gasteiger partial charge >= 0.3 is 6.18 Å². The molecule has 0 unspecified atom stereocenters. The molecule has 1 aromatic carbocycles. The van der Waals surface area contributed by atoms with Gasteiger partial charge in [0.2, 0.25) is 0 Å². The molecule has 0 aliphatic heterocycles. The molecule has 0 bridgehead atoms. The predicted molar refractivity (Wildman–Crippen MR) is 82.0 cm³/mol. The normalized spacial score (nSPS) is 11.3. The molecule has 22 heavy (non-hydrogen) atoms. The molecular weight excluding hydrogens is 337 g/mol. The minimum atomic E-state index is -4.35. The first-order chi connectivity index (χ1) is 9.93. The summed E-state index contributed by atoms with van der Waals surface area (Å²) < 4.78 is 40.5. The van der Waals surface area contributed by atoms with Crippen LogP contribution in [0.25, 0.3) is 0 Å². The second-order valence-electron chi connectivity index (χ2n) is 4.44. The highest BCUT2D eigenvalue weighted by Crippen LogP contribution is 2.34. The number of hydrogen-bond acceptors (Lipinski definition) is 4. The van der Waals surface area contributed by atoms with Crippen molar-refractivity contribution in [2.45, 2.75) is 23.5 Å². The molecule has 2 rings (SSSR count). The molecule has 0 radical (unpaired) electrons. The van der Waals surface area contributed by atoms with Gasteiger partial charge in [0.05, 0.1) is 5.56 Å². The Bertz CT molecular complexity index is 616. The van der Waals surface area contributed by atoms with Crippen LogP contribution in [0.2, 0.25) is 0 Å². The maximum atomic E-state index is 12.9. The van der Waals surface area contributed by atoms with Gasteiger partial charge in [-0.3, -0.25) is 0 Å². The zero-order chi connectivity index (χ0) is 15.5. The molecule has 0 saturated heterocycles.